The molecule has 32 heavy (non-hydrogen) atoms. The highest BCUT2D eigenvalue weighted by Crippen LogP contribution is 2.51. The van der Waals surface area contributed by atoms with E-state index in [2.05, 4.69) is 63.3 Å². The zero-order valence-electron chi connectivity index (χ0n) is 20.8. The summed E-state index contributed by atoms with van der Waals surface area (Å²) in [7, 11) is 0. The predicted octanol–water partition coefficient (Wildman–Crippen LogP) is 7.94. The SMILES string of the molecule is CCCOC1(OCOCC)C(C)=CC(F)(C(CCC)C(C)(C)C)C=C1c1cccc(I)c1. The minimum atomic E-state index is -1.61. The molecule has 180 valence electrons. The largest absolute Gasteiger partial charge is 0.356 e. The van der Waals surface area contributed by atoms with Crippen molar-refractivity contribution < 1.29 is 18.6 Å². The highest BCUT2D eigenvalue weighted by Gasteiger charge is 2.51. The lowest BCUT2D eigenvalue weighted by Gasteiger charge is -2.46. The van der Waals surface area contributed by atoms with Gasteiger partial charge in [0.2, 0.25) is 5.79 Å². The molecule has 1 aromatic carbocycles. The van der Waals surface area contributed by atoms with E-state index in [9.17, 15) is 0 Å². The van der Waals surface area contributed by atoms with Crippen molar-refractivity contribution in [2.75, 3.05) is 20.0 Å². The first-order chi connectivity index (χ1) is 15.0. The van der Waals surface area contributed by atoms with Crippen LogP contribution in [0.3, 0.4) is 0 Å². The van der Waals surface area contributed by atoms with Crippen LogP contribution in [0.4, 0.5) is 4.39 Å². The van der Waals surface area contributed by atoms with Gasteiger partial charge in [-0.25, -0.2) is 4.39 Å². The monoisotopic (exact) mass is 558 g/mol. The topological polar surface area (TPSA) is 27.7 Å². The summed E-state index contributed by atoms with van der Waals surface area (Å²) in [5.74, 6) is -1.36. The highest BCUT2D eigenvalue weighted by atomic mass is 127. The smallest absolute Gasteiger partial charge is 0.220 e. The first kappa shape index (κ1) is 27.5. The van der Waals surface area contributed by atoms with Crippen molar-refractivity contribution in [3.05, 3.63) is 51.1 Å². The van der Waals surface area contributed by atoms with Gasteiger partial charge in [0, 0.05) is 21.7 Å². The van der Waals surface area contributed by atoms with Gasteiger partial charge in [0.05, 0.1) is 6.61 Å². The maximum absolute atomic E-state index is 17.0. The minimum absolute atomic E-state index is 0.0730. The Morgan fingerprint density at radius 2 is 1.78 bits per heavy atom. The Bertz CT molecular complexity index is 813. The number of halogens is 2. The molecule has 3 unspecified atom stereocenters. The molecule has 0 amide bonds. The molecule has 0 bridgehead atoms. The molecule has 0 N–H and O–H groups in total. The zero-order valence-corrected chi connectivity index (χ0v) is 22.9. The van der Waals surface area contributed by atoms with Gasteiger partial charge in [-0.05, 0) is 90.1 Å². The predicted molar refractivity (Wildman–Crippen MR) is 139 cm³/mol. The van der Waals surface area contributed by atoms with E-state index >= 15 is 4.39 Å². The lowest BCUT2D eigenvalue weighted by atomic mass is 9.66. The third kappa shape index (κ3) is 6.22. The molecule has 0 fully saturated rings. The second-order valence-corrected chi connectivity index (χ2v) is 10.9. The van der Waals surface area contributed by atoms with E-state index in [0.717, 1.165) is 39.5 Å². The summed E-state index contributed by atoms with van der Waals surface area (Å²) in [6.07, 6.45) is 6.04. The second kappa shape index (κ2) is 11.6. The fourth-order valence-electron chi connectivity index (χ4n) is 4.61. The van der Waals surface area contributed by atoms with E-state index < -0.39 is 11.5 Å². The quantitative estimate of drug-likeness (QED) is 0.119. The van der Waals surface area contributed by atoms with Crippen LogP contribution < -0.4 is 0 Å². The van der Waals surface area contributed by atoms with Gasteiger partial charge in [0.15, 0.2) is 12.5 Å². The summed E-state index contributed by atoms with van der Waals surface area (Å²) in [4.78, 5) is 0. The van der Waals surface area contributed by atoms with Gasteiger partial charge in [-0.1, -0.05) is 53.2 Å². The second-order valence-electron chi connectivity index (χ2n) is 9.65. The molecule has 2 rings (SSSR count). The molecule has 0 aromatic heterocycles. The van der Waals surface area contributed by atoms with Gasteiger partial charge in [-0.15, -0.1) is 0 Å². The highest BCUT2D eigenvalue weighted by molar-refractivity contribution is 14.1. The van der Waals surface area contributed by atoms with Crippen LogP contribution in [0.25, 0.3) is 5.57 Å². The normalized spacial score (nSPS) is 24.8. The summed E-state index contributed by atoms with van der Waals surface area (Å²) >= 11 is 2.29. The Labute approximate surface area is 207 Å². The number of hydrogen-bond acceptors (Lipinski definition) is 3. The fraction of sp³-hybridized carbons (Fsp3) is 0.630. The van der Waals surface area contributed by atoms with E-state index in [1.165, 1.54) is 0 Å². The number of ether oxygens (including phenoxy) is 3. The zero-order chi connectivity index (χ0) is 24.0. The molecule has 0 saturated heterocycles. The van der Waals surface area contributed by atoms with Crippen molar-refractivity contribution in [2.24, 2.45) is 11.3 Å². The van der Waals surface area contributed by atoms with Gasteiger partial charge >= 0.3 is 0 Å². The molecule has 1 aromatic rings. The summed E-state index contributed by atoms with van der Waals surface area (Å²) in [6, 6.07) is 8.09. The van der Waals surface area contributed by atoms with E-state index in [-0.39, 0.29) is 18.1 Å². The van der Waals surface area contributed by atoms with Crippen LogP contribution in [0.5, 0.6) is 0 Å². The molecule has 0 heterocycles. The van der Waals surface area contributed by atoms with Crippen LogP contribution in [-0.4, -0.2) is 31.5 Å². The summed E-state index contributed by atoms with van der Waals surface area (Å²) in [5.41, 5.74) is 0.545. The number of rotatable bonds is 11. The van der Waals surface area contributed by atoms with Crippen molar-refractivity contribution in [1.82, 2.24) is 0 Å². The van der Waals surface area contributed by atoms with E-state index in [1.807, 2.05) is 32.0 Å². The van der Waals surface area contributed by atoms with Crippen LogP contribution in [0.15, 0.2) is 42.0 Å². The van der Waals surface area contributed by atoms with Crippen molar-refractivity contribution in [1.29, 1.82) is 0 Å². The van der Waals surface area contributed by atoms with Crippen molar-refractivity contribution >= 4 is 28.2 Å². The molecule has 3 nitrogen and oxygen atoms in total. The Balaban J connectivity index is 2.74. The Morgan fingerprint density at radius 1 is 1.06 bits per heavy atom. The average molecular weight is 559 g/mol. The maximum Gasteiger partial charge on any atom is 0.220 e. The molecule has 0 radical (unpaired) electrons. The van der Waals surface area contributed by atoms with Gasteiger partial charge in [0.25, 0.3) is 0 Å². The van der Waals surface area contributed by atoms with E-state index in [0.29, 0.717) is 13.2 Å². The van der Waals surface area contributed by atoms with Crippen LogP contribution in [0, 0.1) is 14.9 Å². The van der Waals surface area contributed by atoms with Gasteiger partial charge in [-0.2, -0.15) is 0 Å². The first-order valence-corrected chi connectivity index (χ1v) is 12.9. The third-order valence-corrected chi connectivity index (χ3v) is 6.70. The van der Waals surface area contributed by atoms with Crippen molar-refractivity contribution in [3.8, 4) is 0 Å². The molecule has 5 heteroatoms. The van der Waals surface area contributed by atoms with Crippen LogP contribution in [-0.2, 0) is 14.2 Å². The molecular formula is C27H40FIO3. The van der Waals surface area contributed by atoms with Crippen molar-refractivity contribution in [2.45, 2.75) is 79.2 Å². The van der Waals surface area contributed by atoms with Crippen LogP contribution >= 0.6 is 22.6 Å². The molecule has 0 spiro atoms. The molecule has 0 saturated carbocycles. The van der Waals surface area contributed by atoms with Gasteiger partial charge < -0.3 is 14.2 Å². The molecule has 1 aliphatic carbocycles. The minimum Gasteiger partial charge on any atom is -0.356 e. The maximum atomic E-state index is 17.0. The standard InChI is InChI=1S/C27H40FIO3/c1-8-12-24(25(5,6)7)26(28)17-20(4)27(31-15-9-2,32-19-30-10-3)23(18-26)21-13-11-14-22(29)16-21/h11,13-14,16-18,24H,8-10,12,15,19H2,1-7H3. The lowest BCUT2D eigenvalue weighted by molar-refractivity contribution is -0.219. The molecule has 0 aliphatic heterocycles. The molecule has 1 aliphatic rings. The van der Waals surface area contributed by atoms with Crippen LogP contribution in [0.2, 0.25) is 0 Å². The van der Waals surface area contributed by atoms with Crippen LogP contribution in [0.1, 0.15) is 73.3 Å². The van der Waals surface area contributed by atoms with Crippen molar-refractivity contribution in [3.63, 3.8) is 0 Å². The lowest BCUT2D eigenvalue weighted by Crippen LogP contribution is -2.48. The third-order valence-electron chi connectivity index (χ3n) is 6.03. The number of hydrogen-bond donors (Lipinski definition) is 0. The number of benzene rings is 1. The molecular weight excluding hydrogens is 518 g/mol. The fourth-order valence-corrected chi connectivity index (χ4v) is 5.16. The average Bonchev–Trinajstić information content (AvgIpc) is 2.71. The Morgan fingerprint density at radius 3 is 2.34 bits per heavy atom. The van der Waals surface area contributed by atoms with Gasteiger partial charge in [-0.3, -0.25) is 0 Å². The summed E-state index contributed by atoms with van der Waals surface area (Å²) in [6.45, 7) is 15.5. The summed E-state index contributed by atoms with van der Waals surface area (Å²) in [5, 5.41) is 0. The van der Waals surface area contributed by atoms with E-state index in [1.54, 1.807) is 12.2 Å². The first-order valence-electron chi connectivity index (χ1n) is 11.8. The summed E-state index contributed by atoms with van der Waals surface area (Å²) < 4.78 is 36.3. The van der Waals surface area contributed by atoms with E-state index in [4.69, 9.17) is 14.2 Å². The Hall–Kier alpha value is -0.760. The van der Waals surface area contributed by atoms with Gasteiger partial charge in [0.1, 0.15) is 0 Å². The Kier molecular flexibility index (Phi) is 9.95. The number of alkyl halides is 1. The number of allylic oxidation sites excluding steroid dienone is 2. The molecule has 3 atom stereocenters.